The van der Waals surface area contributed by atoms with Crippen LogP contribution < -0.4 is 19.5 Å². The van der Waals surface area contributed by atoms with Gasteiger partial charge in [0.15, 0.2) is 24.7 Å². The lowest BCUT2D eigenvalue weighted by atomic mass is 10.2. The molecule has 28 heavy (non-hydrogen) atoms. The van der Waals surface area contributed by atoms with Crippen molar-refractivity contribution in [2.75, 3.05) is 26.4 Å². The highest BCUT2D eigenvalue weighted by molar-refractivity contribution is 5.80. The number of ether oxygens (including phenoxy) is 4. The predicted octanol–water partition coefficient (Wildman–Crippen LogP) is 1.44. The Labute approximate surface area is 161 Å². The maximum absolute atomic E-state index is 11.8. The summed E-state index contributed by atoms with van der Waals surface area (Å²) in [6.45, 7) is -0.211. The number of nitrogens with zero attached hydrogens (tertiary/aromatic N) is 1. The monoisotopic (exact) mass is 382 g/mol. The third-order valence-electron chi connectivity index (χ3n) is 3.80. The Balaban J connectivity index is 1.33. The summed E-state index contributed by atoms with van der Waals surface area (Å²) in [5.74, 6) is 0.593. The zero-order chi connectivity index (χ0) is 19.8. The summed E-state index contributed by atoms with van der Waals surface area (Å²) in [5.41, 5.74) is 0.488. The maximum Gasteiger partial charge on any atom is 0.344 e. The largest absolute Gasteiger partial charge is 0.486 e. The Morgan fingerprint density at radius 3 is 2.61 bits per heavy atom. The summed E-state index contributed by atoms with van der Waals surface area (Å²) in [4.78, 5) is 23.5. The quantitative estimate of drug-likeness (QED) is 0.722. The van der Waals surface area contributed by atoms with Crippen LogP contribution in [0, 0.1) is 11.3 Å². The molecule has 0 saturated carbocycles. The van der Waals surface area contributed by atoms with Crippen molar-refractivity contribution in [3.63, 3.8) is 0 Å². The van der Waals surface area contributed by atoms with E-state index in [0.29, 0.717) is 29.4 Å². The second kappa shape index (κ2) is 9.28. The number of rotatable bonds is 7. The molecule has 0 aromatic heterocycles. The van der Waals surface area contributed by atoms with Crippen LogP contribution >= 0.6 is 0 Å². The molecule has 0 saturated heterocycles. The van der Waals surface area contributed by atoms with Crippen LogP contribution in [0.15, 0.2) is 48.5 Å². The first-order chi connectivity index (χ1) is 13.6. The van der Waals surface area contributed by atoms with Gasteiger partial charge in [-0.25, -0.2) is 4.79 Å². The fourth-order valence-electron chi connectivity index (χ4n) is 2.40. The van der Waals surface area contributed by atoms with Crippen molar-refractivity contribution < 1.29 is 28.5 Å². The minimum Gasteiger partial charge on any atom is -0.486 e. The van der Waals surface area contributed by atoms with E-state index in [0.717, 1.165) is 0 Å². The van der Waals surface area contributed by atoms with Crippen LogP contribution in [0.1, 0.15) is 5.56 Å². The molecule has 0 radical (unpaired) electrons. The first-order valence-corrected chi connectivity index (χ1v) is 8.58. The molecule has 1 atom stereocenters. The molecule has 0 bridgehead atoms. The van der Waals surface area contributed by atoms with Crippen molar-refractivity contribution in [1.29, 1.82) is 5.26 Å². The van der Waals surface area contributed by atoms with Crippen LogP contribution in [-0.2, 0) is 14.3 Å². The lowest BCUT2D eigenvalue weighted by molar-refractivity contribution is -0.150. The lowest BCUT2D eigenvalue weighted by Crippen LogP contribution is -2.42. The molecule has 1 aliphatic heterocycles. The van der Waals surface area contributed by atoms with Gasteiger partial charge in [-0.15, -0.1) is 0 Å². The van der Waals surface area contributed by atoms with Gasteiger partial charge in [-0.05, 0) is 36.4 Å². The van der Waals surface area contributed by atoms with Crippen LogP contribution in [0.25, 0.3) is 0 Å². The fourth-order valence-corrected chi connectivity index (χ4v) is 2.40. The number of para-hydroxylation sites is 2. The van der Waals surface area contributed by atoms with Crippen molar-refractivity contribution in [1.82, 2.24) is 5.32 Å². The van der Waals surface area contributed by atoms with Gasteiger partial charge in [0.05, 0.1) is 18.2 Å². The molecule has 1 amide bonds. The average molecular weight is 382 g/mol. The molecule has 0 unspecified atom stereocenters. The Hall–Kier alpha value is -3.73. The van der Waals surface area contributed by atoms with Gasteiger partial charge in [0.2, 0.25) is 0 Å². The van der Waals surface area contributed by atoms with Gasteiger partial charge >= 0.3 is 5.97 Å². The normalized spacial score (nSPS) is 14.5. The maximum atomic E-state index is 11.8. The number of carbonyl (C=O) groups is 2. The number of nitriles is 1. The van der Waals surface area contributed by atoms with Crippen LogP contribution in [-0.4, -0.2) is 44.3 Å². The van der Waals surface area contributed by atoms with Gasteiger partial charge in [0.25, 0.3) is 5.91 Å². The van der Waals surface area contributed by atoms with E-state index in [2.05, 4.69) is 5.32 Å². The van der Waals surface area contributed by atoms with E-state index in [9.17, 15) is 9.59 Å². The highest BCUT2D eigenvalue weighted by Gasteiger charge is 2.21. The number of benzene rings is 2. The number of hydrogen-bond donors (Lipinski definition) is 1. The van der Waals surface area contributed by atoms with E-state index in [1.54, 1.807) is 30.3 Å². The van der Waals surface area contributed by atoms with Gasteiger partial charge in [-0.3, -0.25) is 4.79 Å². The van der Waals surface area contributed by atoms with E-state index in [1.165, 1.54) is 0 Å². The summed E-state index contributed by atoms with van der Waals surface area (Å²) in [6.07, 6.45) is -0.325. The molecular formula is C20H18N2O6. The molecule has 8 nitrogen and oxygen atoms in total. The molecule has 3 rings (SSSR count). The molecule has 0 aliphatic carbocycles. The van der Waals surface area contributed by atoms with Crippen LogP contribution in [0.4, 0.5) is 0 Å². The van der Waals surface area contributed by atoms with Crippen molar-refractivity contribution in [2.45, 2.75) is 6.10 Å². The van der Waals surface area contributed by atoms with E-state index in [4.69, 9.17) is 24.2 Å². The second-order valence-electron chi connectivity index (χ2n) is 5.89. The fraction of sp³-hybridized carbons (Fsp3) is 0.250. The van der Waals surface area contributed by atoms with Crippen molar-refractivity contribution in [2.24, 2.45) is 0 Å². The van der Waals surface area contributed by atoms with Crippen molar-refractivity contribution in [3.05, 3.63) is 54.1 Å². The summed E-state index contributed by atoms with van der Waals surface area (Å²) in [6, 6.07) is 15.6. The second-order valence-corrected chi connectivity index (χ2v) is 5.89. The minimum atomic E-state index is -0.675. The number of esters is 1. The van der Waals surface area contributed by atoms with Crippen LogP contribution in [0.3, 0.4) is 0 Å². The number of hydrogen-bond acceptors (Lipinski definition) is 7. The third-order valence-corrected chi connectivity index (χ3v) is 3.80. The molecule has 2 aromatic carbocycles. The van der Waals surface area contributed by atoms with Crippen LogP contribution in [0.5, 0.6) is 17.2 Å². The number of carbonyl (C=O) groups excluding carboxylic acids is 2. The topological polar surface area (TPSA) is 107 Å². The van der Waals surface area contributed by atoms with Gasteiger partial charge < -0.3 is 24.3 Å². The zero-order valence-corrected chi connectivity index (χ0v) is 14.9. The molecule has 1 aliphatic rings. The molecule has 2 aromatic rings. The summed E-state index contributed by atoms with van der Waals surface area (Å²) < 4.78 is 21.4. The Bertz CT molecular complexity index is 875. The number of fused-ring (bicyclic) bond motifs is 1. The van der Waals surface area contributed by atoms with Crippen molar-refractivity contribution in [3.8, 4) is 23.3 Å². The first-order valence-electron chi connectivity index (χ1n) is 8.58. The lowest BCUT2D eigenvalue weighted by Gasteiger charge is -2.26. The van der Waals surface area contributed by atoms with E-state index in [1.807, 2.05) is 24.3 Å². The van der Waals surface area contributed by atoms with Crippen LogP contribution in [0.2, 0.25) is 0 Å². The predicted molar refractivity (Wildman–Crippen MR) is 97.0 cm³/mol. The SMILES string of the molecule is N#Cc1ccc(OCC(=O)OCC(=O)NC[C@@H]2COc3ccccc3O2)cc1. The first kappa shape index (κ1) is 19.0. The Morgan fingerprint density at radius 2 is 1.86 bits per heavy atom. The van der Waals surface area contributed by atoms with Gasteiger partial charge in [0, 0.05) is 0 Å². The molecule has 0 fully saturated rings. The summed E-state index contributed by atoms with van der Waals surface area (Å²) in [5, 5.41) is 11.4. The molecule has 1 N–H and O–H groups in total. The molecule has 8 heteroatoms. The summed E-state index contributed by atoms with van der Waals surface area (Å²) in [7, 11) is 0. The van der Waals surface area contributed by atoms with Gasteiger partial charge in [-0.2, -0.15) is 5.26 Å². The molecule has 0 spiro atoms. The Morgan fingerprint density at radius 1 is 1.11 bits per heavy atom. The zero-order valence-electron chi connectivity index (χ0n) is 14.9. The molecule has 144 valence electrons. The summed E-state index contributed by atoms with van der Waals surface area (Å²) >= 11 is 0. The highest BCUT2D eigenvalue weighted by Crippen LogP contribution is 2.30. The molecule has 1 heterocycles. The molecular weight excluding hydrogens is 364 g/mol. The average Bonchev–Trinajstić information content (AvgIpc) is 2.75. The van der Waals surface area contributed by atoms with E-state index >= 15 is 0 Å². The van der Waals surface area contributed by atoms with E-state index in [-0.39, 0.29) is 19.3 Å². The highest BCUT2D eigenvalue weighted by atomic mass is 16.6. The van der Waals surface area contributed by atoms with Gasteiger partial charge in [0.1, 0.15) is 18.5 Å². The number of amides is 1. The third kappa shape index (κ3) is 5.38. The standard InChI is InChI=1S/C20H18N2O6/c21-9-14-5-7-15(8-6-14)25-13-20(24)27-12-19(23)22-10-16-11-26-17-3-1-2-4-18(17)28-16/h1-8,16H,10-13H2,(H,22,23)/t16-/m1/s1. The minimum absolute atomic E-state index is 0.229. The smallest absolute Gasteiger partial charge is 0.344 e. The van der Waals surface area contributed by atoms with E-state index < -0.39 is 18.5 Å². The number of nitrogens with one attached hydrogen (secondary N) is 1. The Kier molecular flexibility index (Phi) is 6.31. The van der Waals surface area contributed by atoms with Crippen molar-refractivity contribution >= 4 is 11.9 Å². The van der Waals surface area contributed by atoms with Gasteiger partial charge in [-0.1, -0.05) is 12.1 Å².